The third-order valence-corrected chi connectivity index (χ3v) is 2.87. The summed E-state index contributed by atoms with van der Waals surface area (Å²) in [7, 11) is 1.65. The number of hydrogen-bond donors (Lipinski definition) is 1. The van der Waals surface area contributed by atoms with Crippen LogP contribution in [0.15, 0.2) is 24.3 Å². The highest BCUT2D eigenvalue weighted by Crippen LogP contribution is 2.26. The lowest BCUT2D eigenvalue weighted by atomic mass is 10.2. The van der Waals surface area contributed by atoms with Gasteiger partial charge in [0.25, 0.3) is 0 Å². The van der Waals surface area contributed by atoms with Gasteiger partial charge in [0.2, 0.25) is 0 Å². The molecule has 1 N–H and O–H groups in total. The largest absolute Gasteiger partial charge is 0.497 e. The Morgan fingerprint density at radius 2 is 1.94 bits per heavy atom. The monoisotopic (exact) mass is 250 g/mol. The lowest BCUT2D eigenvalue weighted by molar-refractivity contribution is 0.415. The van der Waals surface area contributed by atoms with E-state index in [4.69, 9.17) is 16.3 Å². The summed E-state index contributed by atoms with van der Waals surface area (Å²) in [6, 6.07) is 7.77. The Morgan fingerprint density at radius 1 is 1.29 bits per heavy atom. The fraction of sp³-hybridized carbons (Fsp3) is 0.308. The zero-order chi connectivity index (χ0) is 12.4. The second kappa shape index (κ2) is 4.80. The predicted molar refractivity (Wildman–Crippen MR) is 69.6 cm³/mol. The van der Waals surface area contributed by atoms with Crippen LogP contribution in [0.1, 0.15) is 23.7 Å². The summed E-state index contributed by atoms with van der Waals surface area (Å²) in [6.07, 6.45) is 0. The molecule has 4 heteroatoms. The second-order valence-electron chi connectivity index (χ2n) is 3.94. The molecule has 0 saturated carbocycles. The summed E-state index contributed by atoms with van der Waals surface area (Å²) in [5, 5.41) is -0.0850. The molecule has 1 aromatic carbocycles. The maximum absolute atomic E-state index is 6.05. The molecule has 3 nitrogen and oxygen atoms in total. The number of ether oxygens (including phenoxy) is 1. The van der Waals surface area contributed by atoms with E-state index in [-0.39, 0.29) is 5.38 Å². The normalized spacial score (nSPS) is 12.5. The first kappa shape index (κ1) is 12.0. The smallest absolute Gasteiger partial charge is 0.137 e. The lowest BCUT2D eigenvalue weighted by Crippen LogP contribution is -1.87. The van der Waals surface area contributed by atoms with Gasteiger partial charge in [0.15, 0.2) is 0 Å². The fourth-order valence-corrected chi connectivity index (χ4v) is 1.96. The lowest BCUT2D eigenvalue weighted by Gasteiger charge is -2.00. The average molecular weight is 251 g/mol. The molecule has 0 aliphatic heterocycles. The Hall–Kier alpha value is -1.48. The number of hydrogen-bond acceptors (Lipinski definition) is 2. The molecule has 0 bridgehead atoms. The van der Waals surface area contributed by atoms with Gasteiger partial charge in [0.1, 0.15) is 11.6 Å². The number of aryl methyl sites for hydroxylation is 1. The van der Waals surface area contributed by atoms with Gasteiger partial charge in [-0.25, -0.2) is 4.98 Å². The van der Waals surface area contributed by atoms with Crippen LogP contribution in [-0.4, -0.2) is 17.1 Å². The highest BCUT2D eigenvalue weighted by Gasteiger charge is 2.12. The van der Waals surface area contributed by atoms with Crippen LogP contribution < -0.4 is 4.74 Å². The van der Waals surface area contributed by atoms with Gasteiger partial charge in [0.05, 0.1) is 18.2 Å². The van der Waals surface area contributed by atoms with E-state index in [1.807, 2.05) is 38.1 Å². The molecule has 1 aromatic heterocycles. The number of benzene rings is 1. The number of aromatic amines is 1. The first-order valence-electron chi connectivity index (χ1n) is 5.47. The Kier molecular flexibility index (Phi) is 3.38. The zero-order valence-corrected chi connectivity index (χ0v) is 10.9. The highest BCUT2D eigenvalue weighted by molar-refractivity contribution is 6.20. The minimum absolute atomic E-state index is 0.0850. The Balaban J connectivity index is 2.36. The van der Waals surface area contributed by atoms with Crippen molar-refractivity contribution < 1.29 is 4.74 Å². The van der Waals surface area contributed by atoms with Crippen molar-refractivity contribution >= 4 is 11.6 Å². The minimum atomic E-state index is -0.0850. The van der Waals surface area contributed by atoms with Crippen LogP contribution in [0.2, 0.25) is 0 Å². The van der Waals surface area contributed by atoms with Crippen molar-refractivity contribution in [2.24, 2.45) is 0 Å². The number of rotatable bonds is 3. The molecule has 90 valence electrons. The standard InChI is InChI=1S/C13H15ClN2O/c1-8(14)12-9(2)15-13(16-12)10-4-6-11(17-3)7-5-10/h4-8H,1-3H3,(H,15,16). The topological polar surface area (TPSA) is 37.9 Å². The summed E-state index contributed by atoms with van der Waals surface area (Å²) in [5.74, 6) is 1.68. The third-order valence-electron chi connectivity index (χ3n) is 2.66. The number of halogens is 1. The van der Waals surface area contributed by atoms with Crippen molar-refractivity contribution in [1.82, 2.24) is 9.97 Å². The van der Waals surface area contributed by atoms with Crippen LogP contribution >= 0.6 is 11.6 Å². The SMILES string of the molecule is COc1ccc(-c2nc(C(C)Cl)c(C)[nH]2)cc1. The molecule has 17 heavy (non-hydrogen) atoms. The Labute approximate surface area is 106 Å². The van der Waals surface area contributed by atoms with E-state index >= 15 is 0 Å². The van der Waals surface area contributed by atoms with Crippen LogP contribution in [0.25, 0.3) is 11.4 Å². The van der Waals surface area contributed by atoms with Crippen molar-refractivity contribution in [2.75, 3.05) is 7.11 Å². The zero-order valence-electron chi connectivity index (χ0n) is 10.1. The van der Waals surface area contributed by atoms with E-state index in [2.05, 4.69) is 9.97 Å². The number of alkyl halides is 1. The fourth-order valence-electron chi connectivity index (χ4n) is 1.75. The molecule has 2 aromatic rings. The number of nitrogens with one attached hydrogen (secondary N) is 1. The molecule has 0 amide bonds. The van der Waals surface area contributed by atoms with Crippen LogP contribution in [0.5, 0.6) is 5.75 Å². The van der Waals surface area contributed by atoms with E-state index in [0.717, 1.165) is 28.5 Å². The quantitative estimate of drug-likeness (QED) is 0.844. The molecule has 1 atom stereocenters. The van der Waals surface area contributed by atoms with Crippen molar-refractivity contribution in [3.8, 4) is 17.1 Å². The maximum atomic E-state index is 6.05. The van der Waals surface area contributed by atoms with Crippen LogP contribution in [0, 0.1) is 6.92 Å². The molecule has 1 unspecified atom stereocenters. The summed E-state index contributed by atoms with van der Waals surface area (Å²) in [6.45, 7) is 3.90. The van der Waals surface area contributed by atoms with Gasteiger partial charge in [-0.15, -0.1) is 11.6 Å². The van der Waals surface area contributed by atoms with Gasteiger partial charge in [-0.05, 0) is 38.1 Å². The number of imidazole rings is 1. The minimum Gasteiger partial charge on any atom is -0.497 e. The van der Waals surface area contributed by atoms with Crippen molar-refractivity contribution in [3.05, 3.63) is 35.7 Å². The second-order valence-corrected chi connectivity index (χ2v) is 4.59. The van der Waals surface area contributed by atoms with Crippen LogP contribution in [0.4, 0.5) is 0 Å². The average Bonchev–Trinajstić information content (AvgIpc) is 2.71. The van der Waals surface area contributed by atoms with Gasteiger partial charge >= 0.3 is 0 Å². The molecular weight excluding hydrogens is 236 g/mol. The van der Waals surface area contributed by atoms with Crippen LogP contribution in [-0.2, 0) is 0 Å². The molecule has 0 radical (unpaired) electrons. The van der Waals surface area contributed by atoms with Gasteiger partial charge < -0.3 is 9.72 Å². The van der Waals surface area contributed by atoms with Crippen molar-refractivity contribution in [3.63, 3.8) is 0 Å². The van der Waals surface area contributed by atoms with Gasteiger partial charge in [-0.2, -0.15) is 0 Å². The van der Waals surface area contributed by atoms with E-state index in [9.17, 15) is 0 Å². The Bertz CT molecular complexity index is 503. The number of aromatic nitrogens is 2. The first-order chi connectivity index (χ1) is 8.11. The first-order valence-corrected chi connectivity index (χ1v) is 5.90. The molecule has 0 aliphatic rings. The molecule has 0 spiro atoms. The molecule has 1 heterocycles. The number of nitrogens with zero attached hydrogens (tertiary/aromatic N) is 1. The molecule has 0 aliphatic carbocycles. The summed E-state index contributed by atoms with van der Waals surface area (Å²) in [4.78, 5) is 7.75. The number of methoxy groups -OCH3 is 1. The molecule has 0 saturated heterocycles. The van der Waals surface area contributed by atoms with E-state index < -0.39 is 0 Å². The van der Waals surface area contributed by atoms with Gasteiger partial charge in [-0.1, -0.05) is 0 Å². The van der Waals surface area contributed by atoms with Gasteiger partial charge in [0, 0.05) is 11.3 Å². The number of H-pyrrole nitrogens is 1. The molecular formula is C13H15ClN2O. The summed E-state index contributed by atoms with van der Waals surface area (Å²) >= 11 is 6.05. The predicted octanol–water partition coefficient (Wildman–Crippen LogP) is 3.69. The Morgan fingerprint density at radius 3 is 2.41 bits per heavy atom. The van der Waals surface area contributed by atoms with Crippen LogP contribution in [0.3, 0.4) is 0 Å². The maximum Gasteiger partial charge on any atom is 0.137 e. The third kappa shape index (κ3) is 2.44. The van der Waals surface area contributed by atoms with E-state index in [1.165, 1.54) is 0 Å². The van der Waals surface area contributed by atoms with E-state index in [0.29, 0.717) is 0 Å². The van der Waals surface area contributed by atoms with Crippen molar-refractivity contribution in [1.29, 1.82) is 0 Å². The molecule has 2 rings (SSSR count). The summed E-state index contributed by atoms with van der Waals surface area (Å²) < 4.78 is 5.12. The van der Waals surface area contributed by atoms with Crippen molar-refractivity contribution in [2.45, 2.75) is 19.2 Å². The molecule has 0 fully saturated rings. The van der Waals surface area contributed by atoms with E-state index in [1.54, 1.807) is 7.11 Å². The summed E-state index contributed by atoms with van der Waals surface area (Å²) in [5.41, 5.74) is 2.94. The van der Waals surface area contributed by atoms with Gasteiger partial charge in [-0.3, -0.25) is 0 Å². The highest BCUT2D eigenvalue weighted by atomic mass is 35.5.